The lowest BCUT2D eigenvalue weighted by Gasteiger charge is -2.29. The third-order valence-corrected chi connectivity index (χ3v) is 5.77. The first kappa shape index (κ1) is 25.3. The molecule has 0 aliphatic carbocycles. The largest absolute Gasteiger partial charge is 0.495 e. The van der Waals surface area contributed by atoms with Crippen LogP contribution in [0.4, 0.5) is 5.69 Å². The molecule has 1 saturated heterocycles. The molecule has 0 amide bonds. The molecule has 0 bridgehead atoms. The Hall–Kier alpha value is -1.94. The molecular formula is C23H36IN5O2. The standard InChI is InChI=1S/C23H35N5O2.HI/c1-5-27(6-2)20(22-12-9-15-30-22)16-25-23(24-3)26-18-13-14-28(17-18)19-10-7-8-11-21(19)29-4;/h7-12,15,18,20H,5-6,13-14,16-17H2,1-4H3,(H2,24,25,26);1H. The van der Waals surface area contributed by atoms with Gasteiger partial charge < -0.3 is 24.7 Å². The molecule has 0 radical (unpaired) electrons. The first-order chi connectivity index (χ1) is 14.7. The SMILES string of the molecule is CCN(CC)C(CNC(=NC)NC1CCN(c2ccccc2OC)C1)c1ccco1.I. The molecule has 1 aromatic heterocycles. The molecule has 3 rings (SSSR count). The van der Waals surface area contributed by atoms with Gasteiger partial charge in [0.05, 0.1) is 25.1 Å². The van der Waals surface area contributed by atoms with Gasteiger partial charge in [0.25, 0.3) is 0 Å². The van der Waals surface area contributed by atoms with Crippen LogP contribution in [0.5, 0.6) is 5.75 Å². The van der Waals surface area contributed by atoms with Crippen LogP contribution in [0.3, 0.4) is 0 Å². The zero-order valence-corrected chi connectivity index (χ0v) is 21.3. The van der Waals surface area contributed by atoms with Gasteiger partial charge >= 0.3 is 0 Å². The Kier molecular flexibility index (Phi) is 10.5. The first-order valence-electron chi connectivity index (χ1n) is 10.8. The van der Waals surface area contributed by atoms with Gasteiger partial charge in [-0.25, -0.2) is 0 Å². The fraction of sp³-hybridized carbons (Fsp3) is 0.522. The van der Waals surface area contributed by atoms with Crippen LogP contribution in [-0.2, 0) is 0 Å². The maximum Gasteiger partial charge on any atom is 0.191 e. The van der Waals surface area contributed by atoms with Crippen molar-refractivity contribution in [1.29, 1.82) is 0 Å². The third-order valence-electron chi connectivity index (χ3n) is 5.77. The molecule has 2 N–H and O–H groups in total. The molecule has 2 aromatic rings. The summed E-state index contributed by atoms with van der Waals surface area (Å²) in [5, 5.41) is 7.09. The highest BCUT2D eigenvalue weighted by molar-refractivity contribution is 14.0. The predicted molar refractivity (Wildman–Crippen MR) is 138 cm³/mol. The summed E-state index contributed by atoms with van der Waals surface area (Å²) in [5.74, 6) is 2.72. The summed E-state index contributed by atoms with van der Waals surface area (Å²) in [5.41, 5.74) is 1.15. The Morgan fingerprint density at radius 3 is 2.68 bits per heavy atom. The van der Waals surface area contributed by atoms with Gasteiger partial charge in [-0.05, 0) is 43.8 Å². The fourth-order valence-corrected chi connectivity index (χ4v) is 4.12. The predicted octanol–water partition coefficient (Wildman–Crippen LogP) is 3.73. The van der Waals surface area contributed by atoms with Gasteiger partial charge in [-0.15, -0.1) is 24.0 Å². The van der Waals surface area contributed by atoms with Gasteiger partial charge in [0.15, 0.2) is 5.96 Å². The van der Waals surface area contributed by atoms with Gasteiger partial charge in [-0.1, -0.05) is 26.0 Å². The molecule has 2 unspecified atom stereocenters. The molecule has 0 spiro atoms. The summed E-state index contributed by atoms with van der Waals surface area (Å²) in [6.07, 6.45) is 2.79. The highest BCUT2D eigenvalue weighted by Gasteiger charge is 2.26. The van der Waals surface area contributed by atoms with E-state index in [1.54, 1.807) is 13.4 Å². The summed E-state index contributed by atoms with van der Waals surface area (Å²) in [4.78, 5) is 9.20. The molecular weight excluding hydrogens is 505 g/mol. The third kappa shape index (κ3) is 6.52. The molecule has 1 fully saturated rings. The highest BCUT2D eigenvalue weighted by atomic mass is 127. The van der Waals surface area contributed by atoms with Crippen molar-refractivity contribution < 1.29 is 9.15 Å². The number of anilines is 1. The molecule has 1 aromatic carbocycles. The van der Waals surface area contributed by atoms with Crippen molar-refractivity contribution >= 4 is 35.6 Å². The molecule has 31 heavy (non-hydrogen) atoms. The van der Waals surface area contributed by atoms with Crippen molar-refractivity contribution in [3.05, 3.63) is 48.4 Å². The summed E-state index contributed by atoms with van der Waals surface area (Å²) < 4.78 is 11.2. The van der Waals surface area contributed by atoms with E-state index >= 15 is 0 Å². The lowest BCUT2D eigenvalue weighted by molar-refractivity contribution is 0.193. The van der Waals surface area contributed by atoms with Crippen LogP contribution in [0.1, 0.15) is 32.1 Å². The van der Waals surface area contributed by atoms with E-state index in [0.717, 1.165) is 62.3 Å². The van der Waals surface area contributed by atoms with E-state index in [4.69, 9.17) is 9.15 Å². The molecule has 2 heterocycles. The van der Waals surface area contributed by atoms with Crippen molar-refractivity contribution in [2.45, 2.75) is 32.4 Å². The topological polar surface area (TPSA) is 65.3 Å². The molecule has 8 heteroatoms. The van der Waals surface area contributed by atoms with E-state index in [2.05, 4.69) is 51.4 Å². The molecule has 1 aliphatic heterocycles. The molecule has 7 nitrogen and oxygen atoms in total. The van der Waals surface area contributed by atoms with Crippen LogP contribution in [0.15, 0.2) is 52.1 Å². The van der Waals surface area contributed by atoms with Crippen molar-refractivity contribution in [2.75, 3.05) is 51.8 Å². The highest BCUT2D eigenvalue weighted by Crippen LogP contribution is 2.30. The van der Waals surface area contributed by atoms with E-state index in [-0.39, 0.29) is 30.0 Å². The lowest BCUT2D eigenvalue weighted by atomic mass is 10.2. The average molecular weight is 541 g/mol. The molecule has 1 aliphatic rings. The van der Waals surface area contributed by atoms with E-state index in [1.807, 2.05) is 31.3 Å². The van der Waals surface area contributed by atoms with Crippen molar-refractivity contribution in [3.63, 3.8) is 0 Å². The number of halogens is 1. The second kappa shape index (κ2) is 12.8. The Morgan fingerprint density at radius 2 is 2.03 bits per heavy atom. The summed E-state index contributed by atoms with van der Waals surface area (Å²) in [6.45, 7) is 8.92. The van der Waals surface area contributed by atoms with Crippen LogP contribution in [0.25, 0.3) is 0 Å². The van der Waals surface area contributed by atoms with E-state index in [1.165, 1.54) is 0 Å². The number of benzene rings is 1. The quantitative estimate of drug-likeness (QED) is 0.287. The molecule has 2 atom stereocenters. The van der Waals surface area contributed by atoms with Crippen LogP contribution in [-0.4, -0.2) is 63.8 Å². The summed E-state index contributed by atoms with van der Waals surface area (Å²) in [7, 11) is 3.54. The summed E-state index contributed by atoms with van der Waals surface area (Å²) >= 11 is 0. The summed E-state index contributed by atoms with van der Waals surface area (Å²) in [6, 6.07) is 12.7. The first-order valence-corrected chi connectivity index (χ1v) is 10.8. The number of hydrogen-bond acceptors (Lipinski definition) is 5. The zero-order chi connectivity index (χ0) is 21.3. The molecule has 172 valence electrons. The minimum absolute atomic E-state index is 0. The Labute approximate surface area is 203 Å². The number of likely N-dealkylation sites (N-methyl/N-ethyl adjacent to an activating group) is 1. The maximum absolute atomic E-state index is 5.70. The van der Waals surface area contributed by atoms with Crippen LogP contribution < -0.4 is 20.3 Å². The van der Waals surface area contributed by atoms with E-state index in [0.29, 0.717) is 6.04 Å². The monoisotopic (exact) mass is 541 g/mol. The Bertz CT molecular complexity index is 795. The van der Waals surface area contributed by atoms with E-state index in [9.17, 15) is 0 Å². The van der Waals surface area contributed by atoms with Crippen molar-refractivity contribution in [3.8, 4) is 5.75 Å². The Morgan fingerprint density at radius 1 is 1.26 bits per heavy atom. The second-order valence-electron chi connectivity index (χ2n) is 7.45. The number of furan rings is 1. The minimum Gasteiger partial charge on any atom is -0.495 e. The van der Waals surface area contributed by atoms with Gasteiger partial charge in [-0.2, -0.15) is 0 Å². The molecule has 0 saturated carbocycles. The van der Waals surface area contributed by atoms with Crippen LogP contribution in [0, 0.1) is 0 Å². The van der Waals surface area contributed by atoms with E-state index < -0.39 is 0 Å². The number of nitrogens with zero attached hydrogens (tertiary/aromatic N) is 3. The van der Waals surface area contributed by atoms with Crippen molar-refractivity contribution in [1.82, 2.24) is 15.5 Å². The van der Waals surface area contributed by atoms with Gasteiger partial charge in [0, 0.05) is 32.7 Å². The van der Waals surface area contributed by atoms with Crippen molar-refractivity contribution in [2.24, 2.45) is 4.99 Å². The van der Waals surface area contributed by atoms with Gasteiger partial charge in [-0.3, -0.25) is 9.89 Å². The number of nitrogens with one attached hydrogen (secondary N) is 2. The minimum atomic E-state index is 0. The fourth-order valence-electron chi connectivity index (χ4n) is 4.12. The van der Waals surface area contributed by atoms with Gasteiger partial charge in [0.1, 0.15) is 11.5 Å². The zero-order valence-electron chi connectivity index (χ0n) is 19.0. The number of ether oxygens (including phenoxy) is 1. The number of methoxy groups -OCH3 is 1. The number of aliphatic imine (C=N–C) groups is 1. The van der Waals surface area contributed by atoms with Crippen LogP contribution in [0.2, 0.25) is 0 Å². The lowest BCUT2D eigenvalue weighted by Crippen LogP contribution is -2.47. The Balaban J connectivity index is 0.00000341. The number of hydrogen-bond donors (Lipinski definition) is 2. The number of para-hydroxylation sites is 2. The number of guanidine groups is 1. The van der Waals surface area contributed by atoms with Crippen LogP contribution >= 0.6 is 24.0 Å². The average Bonchev–Trinajstić information content (AvgIpc) is 3.48. The normalized spacial score (nSPS) is 17.4. The smallest absolute Gasteiger partial charge is 0.191 e. The maximum atomic E-state index is 5.70. The second-order valence-corrected chi connectivity index (χ2v) is 7.45. The van der Waals surface area contributed by atoms with Gasteiger partial charge in [0.2, 0.25) is 0 Å². The number of rotatable bonds is 9.